The third kappa shape index (κ3) is 4.64. The maximum atomic E-state index is 2.84. The van der Waals surface area contributed by atoms with Gasteiger partial charge in [0.05, 0.1) is 0 Å². The third-order valence-corrected chi connectivity index (χ3v) is 77.8. The Morgan fingerprint density at radius 2 is 0.760 bits per heavy atom. The van der Waals surface area contributed by atoms with Crippen LogP contribution >= 0.6 is 0 Å². The van der Waals surface area contributed by atoms with Gasteiger partial charge in [-0.2, -0.15) is 0 Å². The van der Waals surface area contributed by atoms with E-state index in [0.29, 0.717) is 7.35 Å². The Balaban J connectivity index is 1.31. The summed E-state index contributed by atoms with van der Waals surface area (Å²) >= 11 is -5.04. The maximum absolute atomic E-state index is 5.04. The van der Waals surface area contributed by atoms with Gasteiger partial charge in [-0.15, -0.1) is 0 Å². The fourth-order valence-electron chi connectivity index (χ4n) is 10.0. The second kappa shape index (κ2) is 10.9. The van der Waals surface area contributed by atoms with Crippen molar-refractivity contribution in [2.75, 3.05) is 0 Å². The van der Waals surface area contributed by atoms with Gasteiger partial charge in [0.15, 0.2) is 0 Å². The van der Waals surface area contributed by atoms with Crippen molar-refractivity contribution < 1.29 is 14.2 Å². The Labute approximate surface area is 294 Å². The van der Waals surface area contributed by atoms with Crippen molar-refractivity contribution >= 4 is 19.1 Å². The molecule has 0 aromatic heterocycles. The monoisotopic (exact) mass is 832 g/mol. The number of allylic oxidation sites excluding steroid dienone is 2. The normalized spacial score (nSPS) is 18.4. The summed E-state index contributed by atoms with van der Waals surface area (Å²) in [5.74, 6) is 0. The average molecular weight is 831 g/mol. The first-order valence-electron chi connectivity index (χ1n) is 18.5. The van der Waals surface area contributed by atoms with Crippen LogP contribution in [0.1, 0.15) is 43.5 Å². The van der Waals surface area contributed by atoms with Gasteiger partial charge in [0.25, 0.3) is 0 Å². The van der Waals surface area contributed by atoms with E-state index in [1.165, 1.54) is 75.1 Å². The van der Waals surface area contributed by atoms with Crippen LogP contribution in [0.3, 0.4) is 0 Å². The molecule has 0 saturated carbocycles. The van der Waals surface area contributed by atoms with Gasteiger partial charge in [0, 0.05) is 0 Å². The molecule has 2 aliphatic carbocycles. The van der Waals surface area contributed by atoms with E-state index in [1.54, 1.807) is 0 Å². The molecule has 0 bridgehead atoms. The molecule has 0 N–H and O–H groups in total. The van der Waals surface area contributed by atoms with Gasteiger partial charge < -0.3 is 0 Å². The van der Waals surface area contributed by atoms with Crippen molar-refractivity contribution in [3.05, 3.63) is 180 Å². The molecule has 0 heterocycles. The zero-order chi connectivity index (χ0) is 34.7. The molecule has 0 spiro atoms. The van der Waals surface area contributed by atoms with E-state index in [-0.39, 0.29) is 0 Å². The molecule has 0 fully saturated rings. The van der Waals surface area contributed by atoms with Crippen molar-refractivity contribution in [3.63, 3.8) is 0 Å². The van der Waals surface area contributed by atoms with E-state index in [2.05, 4.69) is 200 Å². The van der Waals surface area contributed by atoms with Crippen molar-refractivity contribution in [2.45, 2.75) is 38.9 Å². The molecular formula is C48H48HfSi. The fourth-order valence-corrected chi connectivity index (χ4v) is 44.8. The minimum absolute atomic E-state index is 0.382. The van der Waals surface area contributed by atoms with Crippen LogP contribution in [0.15, 0.2) is 158 Å². The van der Waals surface area contributed by atoms with Crippen LogP contribution in [0.4, 0.5) is 0 Å². The molecule has 0 saturated heterocycles. The predicted octanol–water partition coefficient (Wildman–Crippen LogP) is 13.5. The topological polar surface area (TPSA) is 0 Å². The Kier molecular flexibility index (Phi) is 7.23. The third-order valence-electron chi connectivity index (χ3n) is 14.6. The first-order chi connectivity index (χ1) is 24.1. The van der Waals surface area contributed by atoms with Crippen molar-refractivity contribution in [3.8, 4) is 44.5 Å². The number of hydrogen-bond donors (Lipinski definition) is 0. The zero-order valence-electron chi connectivity index (χ0n) is 29.9. The van der Waals surface area contributed by atoms with Gasteiger partial charge in [-0.1, -0.05) is 0 Å². The molecule has 6 aromatic rings. The molecule has 2 atom stereocenters. The summed E-state index contributed by atoms with van der Waals surface area (Å²) in [6.45, 7) is 7.56. The summed E-state index contributed by atoms with van der Waals surface area (Å²) in [6.07, 6.45) is 10.3. The van der Waals surface area contributed by atoms with Crippen molar-refractivity contribution in [1.29, 1.82) is 0 Å². The predicted molar refractivity (Wildman–Crippen MR) is 219 cm³/mol. The Morgan fingerprint density at radius 1 is 0.420 bits per heavy atom. The molecule has 0 nitrogen and oxygen atoms in total. The van der Waals surface area contributed by atoms with E-state index in [4.69, 9.17) is 0 Å². The molecule has 2 heteroatoms. The Hall–Kier alpha value is -4.11. The Bertz CT molecular complexity index is 2320. The van der Waals surface area contributed by atoms with Crippen LogP contribution < -0.4 is 0 Å². The Morgan fingerprint density at radius 3 is 1.14 bits per heavy atom. The van der Waals surface area contributed by atoms with E-state index in [0.717, 1.165) is 0 Å². The van der Waals surface area contributed by atoms with Gasteiger partial charge in [-0.25, -0.2) is 0 Å². The van der Waals surface area contributed by atoms with Crippen LogP contribution in [-0.4, -0.2) is 6.94 Å². The molecule has 2 aliphatic rings. The van der Waals surface area contributed by atoms with Crippen LogP contribution in [0.5, 0.6) is 0 Å². The van der Waals surface area contributed by atoms with E-state index in [1.807, 2.05) is 0 Å². The molecule has 6 aromatic carbocycles. The van der Waals surface area contributed by atoms with E-state index in [9.17, 15) is 0 Å². The number of benzene rings is 6. The molecule has 8 rings (SSSR count). The number of hydrogen-bond acceptors (Lipinski definition) is 0. The van der Waals surface area contributed by atoms with Gasteiger partial charge in [-0.3, -0.25) is 0 Å². The first kappa shape index (κ1) is 33.1. The van der Waals surface area contributed by atoms with Gasteiger partial charge in [0.1, 0.15) is 0 Å². The van der Waals surface area contributed by atoms with E-state index >= 15 is 0 Å². The number of fused-ring (bicyclic) bond motifs is 2. The zero-order valence-corrected chi connectivity index (χ0v) is 34.9. The summed E-state index contributed by atoms with van der Waals surface area (Å²) in [5.41, 5.74) is 16.3. The van der Waals surface area contributed by atoms with Crippen LogP contribution in [0, 0.1) is 0 Å². The number of rotatable bonds is 8. The first-order valence-corrected chi connectivity index (χ1v) is 43.2. The van der Waals surface area contributed by atoms with Gasteiger partial charge in [0.2, 0.25) is 0 Å². The van der Waals surface area contributed by atoms with E-state index < -0.39 is 14.2 Å². The van der Waals surface area contributed by atoms with Crippen LogP contribution in [0.25, 0.3) is 56.7 Å². The molecule has 2 unspecified atom stereocenters. The molecular weight excluding hydrogens is 783 g/mol. The van der Waals surface area contributed by atoms with Crippen molar-refractivity contribution in [2.24, 2.45) is 0 Å². The standard InChI is InChI=1S/2C21H15.2C2H5.2CH3.Hf.H2Si/c2*1-2-8-16(9-3-1)18-12-4-5-13-20(18)21-15-7-11-17-10-6-14-19(17)21;2*1-2;;;;/h2*1-15H;2*1H2,2H3;2*1H3;;1H2. The summed E-state index contributed by atoms with van der Waals surface area (Å²) in [4.78, 5) is 0. The molecule has 0 radical (unpaired) electrons. The SMILES string of the molecule is C[CH2][Hf]([CH3])([CH3])(=[SiH2])([CH2]C)([CH]1C=Cc2c(-c3ccccc3-c3ccccc3)cccc21)[CH]1C=Cc2c(-c3ccccc3-c3ccccc3)cccc21. The van der Waals surface area contributed by atoms with Crippen LogP contribution in [-0.2, 0) is 14.2 Å². The molecule has 50 heavy (non-hydrogen) atoms. The minimum atomic E-state index is -5.04. The van der Waals surface area contributed by atoms with Gasteiger partial charge >= 0.3 is 297 Å². The summed E-state index contributed by atoms with van der Waals surface area (Å²) < 4.78 is 8.85. The second-order valence-electron chi connectivity index (χ2n) is 17.7. The average Bonchev–Trinajstić information content (AvgIpc) is 3.84. The summed E-state index contributed by atoms with van der Waals surface area (Å²) in [5, 5.41) is 0. The molecule has 0 aliphatic heterocycles. The van der Waals surface area contributed by atoms with Crippen LogP contribution in [0.2, 0.25) is 17.7 Å². The quantitative estimate of drug-likeness (QED) is 0.134. The van der Waals surface area contributed by atoms with Crippen molar-refractivity contribution in [1.82, 2.24) is 0 Å². The summed E-state index contributed by atoms with van der Waals surface area (Å²) in [6, 6.07) is 53.9. The fraction of sp³-hybridized carbons (Fsp3) is 0.167. The second-order valence-corrected chi connectivity index (χ2v) is 96.3. The summed E-state index contributed by atoms with van der Waals surface area (Å²) in [7, 11) is 0. The molecule has 0 amide bonds. The van der Waals surface area contributed by atoms with Gasteiger partial charge in [-0.05, 0) is 0 Å². The molecule has 248 valence electrons.